The van der Waals surface area contributed by atoms with Crippen LogP contribution < -0.4 is 10.6 Å². The Morgan fingerprint density at radius 1 is 1.31 bits per heavy atom. The van der Waals surface area contributed by atoms with Crippen molar-refractivity contribution in [2.75, 3.05) is 24.7 Å². The van der Waals surface area contributed by atoms with E-state index in [-0.39, 0.29) is 35.3 Å². The number of aryl methyl sites for hydroxylation is 1. The predicted molar refractivity (Wildman–Crippen MR) is 112 cm³/mol. The third-order valence-corrected chi connectivity index (χ3v) is 6.24. The first kappa shape index (κ1) is 22.8. The summed E-state index contributed by atoms with van der Waals surface area (Å²) in [6.45, 7) is 6.44. The Bertz CT molecular complexity index is 1020. The van der Waals surface area contributed by atoms with Gasteiger partial charge in [0.1, 0.15) is 10.6 Å². The number of aromatic nitrogens is 1. The molecule has 2 aromatic rings. The molecule has 9 nitrogen and oxygen atoms in total. The van der Waals surface area contributed by atoms with E-state index in [1.807, 2.05) is 0 Å². The van der Waals surface area contributed by atoms with E-state index in [4.69, 9.17) is 0 Å². The van der Waals surface area contributed by atoms with E-state index in [9.17, 15) is 23.3 Å². The maximum atomic E-state index is 12.4. The second-order valence-electron chi connectivity index (χ2n) is 7.01. The Morgan fingerprint density at radius 3 is 2.59 bits per heavy atom. The van der Waals surface area contributed by atoms with E-state index in [1.54, 1.807) is 6.92 Å². The van der Waals surface area contributed by atoms with Crippen LogP contribution in [-0.4, -0.2) is 43.6 Å². The third kappa shape index (κ3) is 6.23. The van der Waals surface area contributed by atoms with E-state index in [0.29, 0.717) is 16.5 Å². The van der Waals surface area contributed by atoms with Crippen molar-refractivity contribution in [1.29, 1.82) is 0 Å². The molecule has 1 amide bonds. The van der Waals surface area contributed by atoms with Crippen LogP contribution in [0.4, 0.5) is 11.4 Å². The number of sulfone groups is 1. The van der Waals surface area contributed by atoms with Crippen LogP contribution in [0, 0.1) is 23.0 Å². The second-order valence-corrected chi connectivity index (χ2v) is 10.1. The van der Waals surface area contributed by atoms with Crippen LogP contribution in [0.1, 0.15) is 34.2 Å². The van der Waals surface area contributed by atoms with Gasteiger partial charge in [-0.1, -0.05) is 13.8 Å². The number of anilines is 1. The molecule has 0 bridgehead atoms. The predicted octanol–water partition coefficient (Wildman–Crippen LogP) is 2.80. The maximum Gasteiger partial charge on any atom is 0.293 e. The third-order valence-electron chi connectivity index (χ3n) is 3.95. The molecular weight excluding hydrogens is 416 g/mol. The summed E-state index contributed by atoms with van der Waals surface area (Å²) in [6.07, 6.45) is 1.80. The minimum Gasteiger partial charge on any atom is -0.378 e. The normalized spacial score (nSPS) is 11.5. The highest BCUT2D eigenvalue weighted by Crippen LogP contribution is 2.27. The number of amides is 1. The van der Waals surface area contributed by atoms with Gasteiger partial charge in [0.25, 0.3) is 11.6 Å². The fraction of sp³-hybridized carbons (Fsp3) is 0.444. The summed E-state index contributed by atoms with van der Waals surface area (Å²) >= 11 is 1.37. The summed E-state index contributed by atoms with van der Waals surface area (Å²) in [4.78, 5) is 27.8. The van der Waals surface area contributed by atoms with Crippen LogP contribution in [0.5, 0.6) is 0 Å². The molecule has 2 N–H and O–H groups in total. The summed E-state index contributed by atoms with van der Waals surface area (Å²) in [6, 6.07) is 3.68. The van der Waals surface area contributed by atoms with Gasteiger partial charge in [-0.2, -0.15) is 0 Å². The summed E-state index contributed by atoms with van der Waals surface area (Å²) < 4.78 is 23.2. The second kappa shape index (κ2) is 9.31. The number of carbonyl (C=O) groups excluding carboxylic acids is 1. The summed E-state index contributed by atoms with van der Waals surface area (Å²) in [5.74, 6) is 0.212. The first-order valence-corrected chi connectivity index (χ1v) is 11.7. The van der Waals surface area contributed by atoms with Crippen molar-refractivity contribution in [3.63, 3.8) is 0 Å². The number of thiazole rings is 1. The number of nitro benzene ring substituents is 1. The molecule has 11 heteroatoms. The van der Waals surface area contributed by atoms with Crippen LogP contribution >= 0.6 is 11.3 Å². The molecule has 0 aliphatic carbocycles. The zero-order valence-electron chi connectivity index (χ0n) is 16.7. The number of rotatable bonds is 9. The molecule has 0 atom stereocenters. The van der Waals surface area contributed by atoms with Gasteiger partial charge in [0.2, 0.25) is 0 Å². The molecule has 0 saturated carbocycles. The van der Waals surface area contributed by atoms with Gasteiger partial charge in [-0.15, -0.1) is 11.3 Å². The van der Waals surface area contributed by atoms with Crippen LogP contribution in [0.3, 0.4) is 0 Å². The molecule has 1 aromatic heterocycles. The summed E-state index contributed by atoms with van der Waals surface area (Å²) in [7, 11) is -3.55. The Hall–Kier alpha value is -2.53. The number of carbonyl (C=O) groups is 1. The molecule has 0 radical (unpaired) electrons. The lowest BCUT2D eigenvalue weighted by Crippen LogP contribution is -2.28. The first-order chi connectivity index (χ1) is 13.5. The fourth-order valence-corrected chi connectivity index (χ4v) is 4.43. The van der Waals surface area contributed by atoms with Gasteiger partial charge in [-0.25, -0.2) is 13.4 Å². The topological polar surface area (TPSA) is 131 Å². The molecule has 0 aliphatic rings. The summed E-state index contributed by atoms with van der Waals surface area (Å²) in [5, 5.41) is 17.8. The zero-order valence-corrected chi connectivity index (χ0v) is 18.3. The Balaban J connectivity index is 1.98. The van der Waals surface area contributed by atoms with E-state index < -0.39 is 14.8 Å². The number of nitrogens with one attached hydrogen (secondary N) is 2. The monoisotopic (exact) mass is 440 g/mol. The molecule has 0 spiro atoms. The van der Waals surface area contributed by atoms with Crippen molar-refractivity contribution in [2.24, 2.45) is 5.92 Å². The van der Waals surface area contributed by atoms with Gasteiger partial charge in [0.15, 0.2) is 9.84 Å². The molecule has 0 aliphatic heterocycles. The van der Waals surface area contributed by atoms with Gasteiger partial charge < -0.3 is 10.6 Å². The van der Waals surface area contributed by atoms with Crippen LogP contribution in [0.2, 0.25) is 0 Å². The Labute approximate surface area is 173 Å². The van der Waals surface area contributed by atoms with Gasteiger partial charge in [-0.05, 0) is 25.0 Å². The van der Waals surface area contributed by atoms with E-state index in [2.05, 4.69) is 29.5 Å². The lowest BCUT2D eigenvalue weighted by molar-refractivity contribution is -0.384. The highest BCUT2D eigenvalue weighted by Gasteiger charge is 2.19. The molecule has 0 saturated heterocycles. The number of hydrogen-bond donors (Lipinski definition) is 2. The van der Waals surface area contributed by atoms with Crippen molar-refractivity contribution < 1.29 is 18.1 Å². The van der Waals surface area contributed by atoms with E-state index >= 15 is 0 Å². The summed E-state index contributed by atoms with van der Waals surface area (Å²) in [5.41, 5.74) is 0.531. The highest BCUT2D eigenvalue weighted by molar-refractivity contribution is 7.90. The number of hydrogen-bond acceptors (Lipinski definition) is 8. The molecule has 1 heterocycles. The highest BCUT2D eigenvalue weighted by atomic mass is 32.2. The lowest BCUT2D eigenvalue weighted by Gasteiger charge is -2.09. The minimum atomic E-state index is -3.55. The Morgan fingerprint density at radius 2 is 2.00 bits per heavy atom. The van der Waals surface area contributed by atoms with Crippen molar-refractivity contribution in [1.82, 2.24) is 10.3 Å². The molecule has 2 rings (SSSR count). The standard InChI is InChI=1S/C18H24N4O5S2/c1-11(2)9-16-21-12(3)17(28-16)18(23)20-8-7-19-14-6-5-13(29(4,26)27)10-15(14)22(24)25/h5-6,10-11,19H,7-9H2,1-4H3,(H,20,23). The quantitative estimate of drug-likeness (QED) is 0.348. The number of nitrogens with zero attached hydrogens (tertiary/aromatic N) is 2. The van der Waals surface area contributed by atoms with Crippen molar-refractivity contribution >= 4 is 38.5 Å². The fourth-order valence-electron chi connectivity index (χ4n) is 2.60. The molecule has 0 unspecified atom stereocenters. The average Bonchev–Trinajstić information content (AvgIpc) is 2.97. The zero-order chi connectivity index (χ0) is 21.8. The smallest absolute Gasteiger partial charge is 0.293 e. The molecule has 1 aromatic carbocycles. The van der Waals surface area contributed by atoms with Crippen LogP contribution in [0.15, 0.2) is 23.1 Å². The SMILES string of the molecule is Cc1nc(CC(C)C)sc1C(=O)NCCNc1ccc(S(C)(=O)=O)cc1[N+](=O)[O-]. The minimum absolute atomic E-state index is 0.124. The van der Waals surface area contributed by atoms with Gasteiger partial charge in [0.05, 0.1) is 20.5 Å². The molecular formula is C18H24N4O5S2. The molecule has 0 fully saturated rings. The maximum absolute atomic E-state index is 12.4. The van der Waals surface area contributed by atoms with Crippen molar-refractivity contribution in [2.45, 2.75) is 32.1 Å². The van der Waals surface area contributed by atoms with Gasteiger partial charge in [0, 0.05) is 31.8 Å². The van der Waals surface area contributed by atoms with Crippen LogP contribution in [0.25, 0.3) is 0 Å². The van der Waals surface area contributed by atoms with E-state index in [0.717, 1.165) is 23.8 Å². The van der Waals surface area contributed by atoms with Crippen LogP contribution in [-0.2, 0) is 16.3 Å². The van der Waals surface area contributed by atoms with Gasteiger partial charge in [-0.3, -0.25) is 14.9 Å². The van der Waals surface area contributed by atoms with Gasteiger partial charge >= 0.3 is 0 Å². The average molecular weight is 441 g/mol. The molecule has 158 valence electrons. The largest absolute Gasteiger partial charge is 0.378 e. The number of nitro groups is 1. The van der Waals surface area contributed by atoms with Crippen molar-refractivity contribution in [3.05, 3.63) is 43.9 Å². The lowest BCUT2D eigenvalue weighted by atomic mass is 10.1. The van der Waals surface area contributed by atoms with E-state index in [1.165, 1.54) is 23.5 Å². The number of benzene rings is 1. The Kier molecular flexibility index (Phi) is 7.31. The first-order valence-electron chi connectivity index (χ1n) is 8.96. The molecule has 29 heavy (non-hydrogen) atoms. The van der Waals surface area contributed by atoms with Crippen molar-refractivity contribution in [3.8, 4) is 0 Å².